The Morgan fingerprint density at radius 2 is 1.88 bits per heavy atom. The standard InChI is InChI=1S/C14H20OSi/c1-10-8-12(9-11(10)2)14-13(6-7-15-14)16(3,4)5/h6-8H,9H2,1-5H3. The smallest absolute Gasteiger partial charge is 0.129 e. The van der Waals surface area contributed by atoms with Crippen molar-refractivity contribution in [1.82, 2.24) is 0 Å². The molecule has 16 heavy (non-hydrogen) atoms. The second kappa shape index (κ2) is 3.77. The molecule has 0 bridgehead atoms. The van der Waals surface area contributed by atoms with Crippen molar-refractivity contribution >= 4 is 18.8 Å². The molecule has 0 atom stereocenters. The van der Waals surface area contributed by atoms with E-state index in [1.807, 2.05) is 6.26 Å². The molecule has 1 aromatic rings. The maximum absolute atomic E-state index is 5.71. The fourth-order valence-electron chi connectivity index (χ4n) is 2.16. The lowest BCUT2D eigenvalue weighted by molar-refractivity contribution is 0.553. The first-order chi connectivity index (χ1) is 7.39. The van der Waals surface area contributed by atoms with E-state index in [9.17, 15) is 0 Å². The number of rotatable bonds is 2. The molecule has 0 spiro atoms. The second-order valence-corrected chi connectivity index (χ2v) is 10.8. The largest absolute Gasteiger partial charge is 0.465 e. The van der Waals surface area contributed by atoms with Gasteiger partial charge in [0, 0.05) is 0 Å². The average Bonchev–Trinajstić information content (AvgIpc) is 2.72. The fourth-order valence-corrected chi connectivity index (χ4v) is 3.62. The van der Waals surface area contributed by atoms with Gasteiger partial charge in [0.1, 0.15) is 5.76 Å². The van der Waals surface area contributed by atoms with Gasteiger partial charge in [-0.3, -0.25) is 0 Å². The topological polar surface area (TPSA) is 13.1 Å². The maximum Gasteiger partial charge on any atom is 0.129 e. The van der Waals surface area contributed by atoms with Crippen LogP contribution in [0.25, 0.3) is 5.57 Å². The highest BCUT2D eigenvalue weighted by Gasteiger charge is 2.25. The molecule has 1 nitrogen and oxygen atoms in total. The van der Waals surface area contributed by atoms with Crippen LogP contribution in [0, 0.1) is 0 Å². The molecule has 0 aliphatic heterocycles. The predicted octanol–water partition coefficient (Wildman–Crippen LogP) is 3.95. The van der Waals surface area contributed by atoms with Crippen molar-refractivity contribution < 1.29 is 4.42 Å². The van der Waals surface area contributed by atoms with E-state index in [1.54, 1.807) is 0 Å². The van der Waals surface area contributed by atoms with Crippen molar-refractivity contribution in [2.24, 2.45) is 0 Å². The molecule has 1 heterocycles. The van der Waals surface area contributed by atoms with Crippen LogP contribution in [0.1, 0.15) is 26.0 Å². The van der Waals surface area contributed by atoms with Gasteiger partial charge in [0.05, 0.1) is 14.3 Å². The molecule has 0 saturated carbocycles. The van der Waals surface area contributed by atoms with E-state index in [4.69, 9.17) is 4.42 Å². The number of furan rings is 1. The van der Waals surface area contributed by atoms with Gasteiger partial charge in [-0.1, -0.05) is 36.9 Å². The molecule has 0 unspecified atom stereocenters. The van der Waals surface area contributed by atoms with Crippen LogP contribution in [-0.2, 0) is 0 Å². The lowest BCUT2D eigenvalue weighted by Gasteiger charge is -2.16. The summed E-state index contributed by atoms with van der Waals surface area (Å²) in [5, 5.41) is 1.45. The summed E-state index contributed by atoms with van der Waals surface area (Å²) in [6.07, 6.45) is 5.17. The molecule has 0 saturated heterocycles. The molecule has 2 rings (SSSR count). The highest BCUT2D eigenvalue weighted by molar-refractivity contribution is 6.89. The van der Waals surface area contributed by atoms with Crippen LogP contribution in [0.3, 0.4) is 0 Å². The van der Waals surface area contributed by atoms with Gasteiger partial charge in [-0.25, -0.2) is 0 Å². The third kappa shape index (κ3) is 1.94. The molecular formula is C14H20OSi. The van der Waals surface area contributed by atoms with Crippen LogP contribution < -0.4 is 5.19 Å². The van der Waals surface area contributed by atoms with Crippen LogP contribution in [0.4, 0.5) is 0 Å². The summed E-state index contributed by atoms with van der Waals surface area (Å²) in [4.78, 5) is 0. The molecule has 0 N–H and O–H groups in total. The Labute approximate surface area is 98.9 Å². The Hall–Kier alpha value is -1.02. The van der Waals surface area contributed by atoms with Gasteiger partial charge in [-0.15, -0.1) is 0 Å². The van der Waals surface area contributed by atoms with Gasteiger partial charge in [-0.05, 0) is 37.1 Å². The summed E-state index contributed by atoms with van der Waals surface area (Å²) in [5.41, 5.74) is 4.22. The molecular weight excluding hydrogens is 212 g/mol. The summed E-state index contributed by atoms with van der Waals surface area (Å²) in [6.45, 7) is 11.5. The monoisotopic (exact) mass is 232 g/mol. The first kappa shape index (κ1) is 11.5. The first-order valence-corrected chi connectivity index (χ1v) is 9.35. The third-order valence-corrected chi connectivity index (χ3v) is 5.29. The molecule has 0 amide bonds. The zero-order valence-electron chi connectivity index (χ0n) is 10.8. The van der Waals surface area contributed by atoms with Crippen molar-refractivity contribution in [2.75, 3.05) is 0 Å². The van der Waals surface area contributed by atoms with E-state index >= 15 is 0 Å². The van der Waals surface area contributed by atoms with E-state index < -0.39 is 8.07 Å². The van der Waals surface area contributed by atoms with Crippen LogP contribution in [0.5, 0.6) is 0 Å². The van der Waals surface area contributed by atoms with Crippen molar-refractivity contribution in [3.63, 3.8) is 0 Å². The van der Waals surface area contributed by atoms with E-state index in [1.165, 1.54) is 21.9 Å². The third-order valence-electron chi connectivity index (χ3n) is 3.28. The predicted molar refractivity (Wildman–Crippen MR) is 72.7 cm³/mol. The number of hydrogen-bond donors (Lipinski definition) is 0. The summed E-state index contributed by atoms with van der Waals surface area (Å²) < 4.78 is 5.71. The quantitative estimate of drug-likeness (QED) is 0.704. The Balaban J connectivity index is 2.38. The molecule has 0 radical (unpaired) electrons. The van der Waals surface area contributed by atoms with Crippen LogP contribution in [-0.4, -0.2) is 8.07 Å². The van der Waals surface area contributed by atoms with Crippen LogP contribution in [0.15, 0.2) is 34.0 Å². The van der Waals surface area contributed by atoms with E-state index in [-0.39, 0.29) is 0 Å². The minimum Gasteiger partial charge on any atom is -0.465 e. The van der Waals surface area contributed by atoms with Gasteiger partial charge < -0.3 is 4.42 Å². The number of hydrogen-bond acceptors (Lipinski definition) is 1. The Bertz CT molecular complexity index is 469. The SMILES string of the molecule is CC1=C(C)CC(c2occc2[Si](C)(C)C)=C1. The summed E-state index contributed by atoms with van der Waals surface area (Å²) in [5.74, 6) is 1.13. The summed E-state index contributed by atoms with van der Waals surface area (Å²) in [6, 6.07) is 2.16. The summed E-state index contributed by atoms with van der Waals surface area (Å²) in [7, 11) is -1.29. The molecule has 86 valence electrons. The van der Waals surface area contributed by atoms with Crippen LogP contribution >= 0.6 is 0 Å². The van der Waals surface area contributed by atoms with Crippen molar-refractivity contribution in [1.29, 1.82) is 0 Å². The van der Waals surface area contributed by atoms with E-state index in [2.05, 4.69) is 45.6 Å². The lowest BCUT2D eigenvalue weighted by atomic mass is 10.1. The molecule has 0 fully saturated rings. The van der Waals surface area contributed by atoms with Crippen molar-refractivity contribution in [3.05, 3.63) is 35.3 Å². The van der Waals surface area contributed by atoms with Gasteiger partial charge >= 0.3 is 0 Å². The maximum atomic E-state index is 5.71. The molecule has 1 aliphatic rings. The van der Waals surface area contributed by atoms with E-state index in [0.29, 0.717) is 0 Å². The van der Waals surface area contributed by atoms with Crippen molar-refractivity contribution in [2.45, 2.75) is 39.9 Å². The normalized spacial score (nSPS) is 16.9. The van der Waals surface area contributed by atoms with Gasteiger partial charge in [0.2, 0.25) is 0 Å². The zero-order valence-corrected chi connectivity index (χ0v) is 11.8. The lowest BCUT2D eigenvalue weighted by Crippen LogP contribution is -2.38. The van der Waals surface area contributed by atoms with Gasteiger partial charge in [0.25, 0.3) is 0 Å². The molecule has 1 aromatic heterocycles. The van der Waals surface area contributed by atoms with Gasteiger partial charge in [0.15, 0.2) is 0 Å². The van der Waals surface area contributed by atoms with Crippen molar-refractivity contribution in [3.8, 4) is 0 Å². The van der Waals surface area contributed by atoms with Crippen LogP contribution in [0.2, 0.25) is 19.6 Å². The Morgan fingerprint density at radius 1 is 1.19 bits per heavy atom. The molecule has 1 aliphatic carbocycles. The second-order valence-electron chi connectivity index (χ2n) is 5.72. The minimum atomic E-state index is -1.29. The first-order valence-electron chi connectivity index (χ1n) is 5.85. The Morgan fingerprint density at radius 3 is 2.38 bits per heavy atom. The van der Waals surface area contributed by atoms with E-state index in [0.717, 1.165) is 12.2 Å². The zero-order chi connectivity index (χ0) is 11.9. The highest BCUT2D eigenvalue weighted by atomic mass is 28.3. The molecule has 2 heteroatoms. The molecule has 0 aromatic carbocycles. The average molecular weight is 232 g/mol. The Kier molecular flexibility index (Phi) is 2.70. The van der Waals surface area contributed by atoms with Gasteiger partial charge in [-0.2, -0.15) is 0 Å². The minimum absolute atomic E-state index is 1.05. The summed E-state index contributed by atoms with van der Waals surface area (Å²) >= 11 is 0. The fraction of sp³-hybridized carbons (Fsp3) is 0.429. The number of allylic oxidation sites excluding steroid dienone is 4. The highest BCUT2D eigenvalue weighted by Crippen LogP contribution is 2.32.